The van der Waals surface area contributed by atoms with E-state index in [1.165, 1.54) is 12.4 Å². The van der Waals surface area contributed by atoms with Gasteiger partial charge in [-0.2, -0.15) is 4.73 Å². The Hall–Kier alpha value is -1.03. The van der Waals surface area contributed by atoms with Crippen LogP contribution in [-0.2, 0) is 0 Å². The van der Waals surface area contributed by atoms with Crippen LogP contribution in [0.15, 0.2) is 29.5 Å². The number of aromatic nitrogens is 1. The largest absolute Gasteiger partial charge is 0.619 e. The highest BCUT2D eigenvalue weighted by Crippen LogP contribution is 2.17. The molecule has 0 aromatic carbocycles. The monoisotopic (exact) mass is 180 g/mol. The van der Waals surface area contributed by atoms with E-state index >= 15 is 0 Å². The second kappa shape index (κ2) is 3.15. The lowest BCUT2D eigenvalue weighted by Gasteiger charge is -1.98. The third kappa shape index (κ3) is 1.43. The Morgan fingerprint density at radius 2 is 2.17 bits per heavy atom. The smallest absolute Gasteiger partial charge is 0.181 e. The van der Waals surface area contributed by atoms with Crippen molar-refractivity contribution in [3.8, 4) is 0 Å². The number of hydrogen-bond donors (Lipinski definition) is 0. The molecule has 0 N–H and O–H groups in total. The molecule has 2 heterocycles. The van der Waals surface area contributed by atoms with Crippen LogP contribution in [0.25, 0.3) is 0 Å². The summed E-state index contributed by atoms with van der Waals surface area (Å²) >= 11 is 1.74. The lowest BCUT2D eigenvalue weighted by atomic mass is 10.3. The van der Waals surface area contributed by atoms with E-state index in [1.807, 2.05) is 0 Å². The molecule has 0 amide bonds. The van der Waals surface area contributed by atoms with Crippen molar-refractivity contribution in [3.63, 3.8) is 0 Å². The van der Waals surface area contributed by atoms with Gasteiger partial charge in [-0.25, -0.2) is 0 Å². The Balaban J connectivity index is 2.28. The first-order valence-electron chi connectivity index (χ1n) is 3.73. The molecular formula is C8H8N2OS. The van der Waals surface area contributed by atoms with Gasteiger partial charge >= 0.3 is 0 Å². The van der Waals surface area contributed by atoms with E-state index in [9.17, 15) is 5.21 Å². The van der Waals surface area contributed by atoms with Crippen molar-refractivity contribution in [1.29, 1.82) is 0 Å². The normalized spacial score (nSPS) is 16.2. The molecule has 0 saturated heterocycles. The Kier molecular flexibility index (Phi) is 1.99. The maximum absolute atomic E-state index is 10.7. The predicted molar refractivity (Wildman–Crippen MR) is 49.3 cm³/mol. The van der Waals surface area contributed by atoms with E-state index in [-0.39, 0.29) is 0 Å². The molecule has 0 atom stereocenters. The van der Waals surface area contributed by atoms with Gasteiger partial charge in [0.05, 0.1) is 5.04 Å². The molecule has 0 bridgehead atoms. The fourth-order valence-corrected chi connectivity index (χ4v) is 1.93. The SMILES string of the molecule is [O-][n+]1ccc(C2=NCCS2)cc1. The summed E-state index contributed by atoms with van der Waals surface area (Å²) in [4.78, 5) is 4.30. The van der Waals surface area contributed by atoms with Crippen molar-refractivity contribution in [1.82, 2.24) is 0 Å². The van der Waals surface area contributed by atoms with E-state index in [0.717, 1.165) is 27.6 Å². The maximum Gasteiger partial charge on any atom is 0.181 e. The van der Waals surface area contributed by atoms with Crippen molar-refractivity contribution >= 4 is 16.8 Å². The second-order valence-electron chi connectivity index (χ2n) is 2.48. The topological polar surface area (TPSA) is 39.3 Å². The van der Waals surface area contributed by atoms with Crippen molar-refractivity contribution in [2.24, 2.45) is 4.99 Å². The summed E-state index contributed by atoms with van der Waals surface area (Å²) in [6.07, 6.45) is 2.99. The molecule has 0 spiro atoms. The molecule has 1 aromatic rings. The molecule has 4 heteroatoms. The lowest BCUT2D eigenvalue weighted by Crippen LogP contribution is -2.24. The van der Waals surface area contributed by atoms with Crippen LogP contribution in [0.4, 0.5) is 0 Å². The summed E-state index contributed by atoms with van der Waals surface area (Å²) < 4.78 is 0.781. The summed E-state index contributed by atoms with van der Waals surface area (Å²) in [6, 6.07) is 3.59. The molecule has 2 rings (SSSR count). The van der Waals surface area contributed by atoms with Gasteiger partial charge in [0.25, 0.3) is 0 Å². The first-order valence-corrected chi connectivity index (χ1v) is 4.71. The molecule has 0 radical (unpaired) electrons. The van der Waals surface area contributed by atoms with Crippen LogP contribution in [0.5, 0.6) is 0 Å². The molecule has 12 heavy (non-hydrogen) atoms. The lowest BCUT2D eigenvalue weighted by molar-refractivity contribution is -0.605. The standard InChI is InChI=1S/C8H8N2OS/c11-10-4-1-7(2-5-10)8-9-3-6-12-8/h1-2,4-5H,3,6H2. The van der Waals surface area contributed by atoms with Crippen LogP contribution >= 0.6 is 11.8 Å². The number of rotatable bonds is 1. The highest BCUT2D eigenvalue weighted by molar-refractivity contribution is 8.14. The summed E-state index contributed by atoms with van der Waals surface area (Å²) in [6.45, 7) is 0.895. The summed E-state index contributed by atoms with van der Waals surface area (Å²) in [5.74, 6) is 1.06. The number of hydrogen-bond acceptors (Lipinski definition) is 3. The fraction of sp³-hybridized carbons (Fsp3) is 0.250. The van der Waals surface area contributed by atoms with E-state index in [2.05, 4.69) is 4.99 Å². The van der Waals surface area contributed by atoms with Gasteiger partial charge in [-0.15, -0.1) is 11.8 Å². The minimum Gasteiger partial charge on any atom is -0.619 e. The predicted octanol–water partition coefficient (Wildman–Crippen LogP) is 0.813. The molecule has 1 aliphatic heterocycles. The third-order valence-electron chi connectivity index (χ3n) is 1.63. The van der Waals surface area contributed by atoms with E-state index in [1.54, 1.807) is 23.9 Å². The molecule has 0 aliphatic carbocycles. The van der Waals surface area contributed by atoms with Crippen LogP contribution in [-0.4, -0.2) is 17.3 Å². The quantitative estimate of drug-likeness (QED) is 0.474. The van der Waals surface area contributed by atoms with E-state index in [4.69, 9.17) is 0 Å². The average Bonchev–Trinajstić information content (AvgIpc) is 2.58. The van der Waals surface area contributed by atoms with E-state index in [0.29, 0.717) is 0 Å². The number of pyridine rings is 1. The van der Waals surface area contributed by atoms with Crippen LogP contribution in [0, 0.1) is 5.21 Å². The van der Waals surface area contributed by atoms with Gasteiger partial charge in [-0.3, -0.25) is 4.99 Å². The van der Waals surface area contributed by atoms with Crippen molar-refractivity contribution in [2.75, 3.05) is 12.3 Å². The van der Waals surface area contributed by atoms with Crippen molar-refractivity contribution < 1.29 is 4.73 Å². The Morgan fingerprint density at radius 3 is 2.75 bits per heavy atom. The zero-order valence-electron chi connectivity index (χ0n) is 6.43. The molecule has 0 fully saturated rings. The third-order valence-corrected chi connectivity index (χ3v) is 2.66. The Morgan fingerprint density at radius 1 is 1.42 bits per heavy atom. The van der Waals surface area contributed by atoms with Crippen LogP contribution in [0.1, 0.15) is 5.56 Å². The van der Waals surface area contributed by atoms with Gasteiger partial charge in [0.1, 0.15) is 0 Å². The minimum atomic E-state index is 0.781. The van der Waals surface area contributed by atoms with Gasteiger partial charge in [-0.1, -0.05) is 0 Å². The van der Waals surface area contributed by atoms with Gasteiger partial charge in [0.15, 0.2) is 12.4 Å². The average molecular weight is 180 g/mol. The maximum atomic E-state index is 10.7. The molecule has 1 aromatic heterocycles. The summed E-state index contributed by atoms with van der Waals surface area (Å²) in [5, 5.41) is 11.8. The summed E-state index contributed by atoms with van der Waals surface area (Å²) in [7, 11) is 0. The Labute approximate surface area is 74.7 Å². The highest BCUT2D eigenvalue weighted by atomic mass is 32.2. The number of nitrogens with zero attached hydrogens (tertiary/aromatic N) is 2. The second-order valence-corrected chi connectivity index (χ2v) is 3.57. The van der Waals surface area contributed by atoms with Crippen molar-refractivity contribution in [2.45, 2.75) is 0 Å². The van der Waals surface area contributed by atoms with Crippen LogP contribution in [0.2, 0.25) is 0 Å². The molecule has 1 aliphatic rings. The van der Waals surface area contributed by atoms with Gasteiger partial charge in [-0.05, 0) is 0 Å². The van der Waals surface area contributed by atoms with E-state index < -0.39 is 0 Å². The zero-order valence-corrected chi connectivity index (χ0v) is 7.25. The highest BCUT2D eigenvalue weighted by Gasteiger charge is 2.09. The number of thioether (sulfide) groups is 1. The molecule has 0 saturated carbocycles. The Bertz CT molecular complexity index is 307. The zero-order chi connectivity index (χ0) is 8.39. The molecule has 0 unspecified atom stereocenters. The van der Waals surface area contributed by atoms with Crippen LogP contribution in [0.3, 0.4) is 0 Å². The molecular weight excluding hydrogens is 172 g/mol. The minimum absolute atomic E-state index is 0.781. The number of aliphatic imine (C=N–C) groups is 1. The van der Waals surface area contributed by atoms with Crippen molar-refractivity contribution in [3.05, 3.63) is 35.3 Å². The summed E-state index contributed by atoms with van der Waals surface area (Å²) in [5.41, 5.74) is 1.05. The molecule has 3 nitrogen and oxygen atoms in total. The first kappa shape index (κ1) is 7.61. The van der Waals surface area contributed by atoms with Gasteiger partial charge in [0.2, 0.25) is 0 Å². The van der Waals surface area contributed by atoms with Gasteiger partial charge in [0, 0.05) is 30.0 Å². The fourth-order valence-electron chi connectivity index (χ4n) is 1.07. The first-order chi connectivity index (χ1) is 5.86. The van der Waals surface area contributed by atoms with Gasteiger partial charge < -0.3 is 5.21 Å². The molecule has 62 valence electrons. The van der Waals surface area contributed by atoms with Crippen LogP contribution < -0.4 is 4.73 Å².